The Morgan fingerprint density at radius 2 is 1.50 bits per heavy atom. The summed E-state index contributed by atoms with van der Waals surface area (Å²) < 4.78 is 10.3. The van der Waals surface area contributed by atoms with Gasteiger partial charge in [-0.3, -0.25) is 14.9 Å². The van der Waals surface area contributed by atoms with E-state index in [0.29, 0.717) is 16.3 Å². The molecule has 2 amide bonds. The predicted octanol–water partition coefficient (Wildman–Crippen LogP) is 3.37. The Hall–Kier alpha value is -3.38. The largest absolute Gasteiger partial charge is 0.481 e. The van der Waals surface area contributed by atoms with E-state index in [4.69, 9.17) is 21.1 Å². The first-order valence-electron chi connectivity index (χ1n) is 8.39. The molecule has 0 aliphatic heterocycles. The molecule has 1 N–H and O–H groups in total. The minimum atomic E-state index is -0.735. The first-order valence-corrected chi connectivity index (χ1v) is 8.77. The molecule has 142 valence electrons. The highest BCUT2D eigenvalue weighted by Crippen LogP contribution is 2.31. The summed E-state index contributed by atoms with van der Waals surface area (Å²) in [6, 6.07) is 18.9. The van der Waals surface area contributed by atoms with Gasteiger partial charge in [-0.15, -0.1) is 0 Å². The molecule has 0 saturated heterocycles. The van der Waals surface area contributed by atoms with Crippen molar-refractivity contribution >= 4 is 40.2 Å². The number of amides is 2. The summed E-state index contributed by atoms with van der Waals surface area (Å²) in [5, 5.41) is 4.28. The van der Waals surface area contributed by atoms with Crippen molar-refractivity contribution in [3.63, 3.8) is 0 Å². The van der Waals surface area contributed by atoms with Gasteiger partial charge in [0.1, 0.15) is 5.75 Å². The number of fused-ring (bicyclic) bond motifs is 1. The van der Waals surface area contributed by atoms with Crippen molar-refractivity contribution in [2.45, 2.75) is 0 Å². The third-order valence-electron chi connectivity index (χ3n) is 3.83. The van der Waals surface area contributed by atoms with E-state index in [1.165, 1.54) is 0 Å². The van der Waals surface area contributed by atoms with E-state index in [-0.39, 0.29) is 6.61 Å². The third kappa shape index (κ3) is 4.86. The van der Waals surface area contributed by atoms with E-state index in [0.717, 1.165) is 10.8 Å². The smallest absolute Gasteiger partial charge is 0.344 e. The van der Waals surface area contributed by atoms with Gasteiger partial charge in [-0.25, -0.2) is 4.79 Å². The number of esters is 1. The van der Waals surface area contributed by atoms with Crippen LogP contribution in [0.1, 0.15) is 10.4 Å². The van der Waals surface area contributed by atoms with Gasteiger partial charge in [-0.05, 0) is 24.3 Å². The van der Waals surface area contributed by atoms with Crippen LogP contribution in [0.15, 0.2) is 66.7 Å². The number of nitrogens with one attached hydrogen (secondary N) is 1. The van der Waals surface area contributed by atoms with E-state index in [1.54, 1.807) is 42.5 Å². The lowest BCUT2D eigenvalue weighted by molar-refractivity contribution is -0.150. The molecule has 3 aromatic carbocycles. The Morgan fingerprint density at radius 3 is 2.25 bits per heavy atom. The van der Waals surface area contributed by atoms with Gasteiger partial charge in [0.25, 0.3) is 11.8 Å². The van der Waals surface area contributed by atoms with Crippen LogP contribution >= 0.6 is 11.6 Å². The van der Waals surface area contributed by atoms with Crippen molar-refractivity contribution in [2.75, 3.05) is 13.2 Å². The zero-order valence-electron chi connectivity index (χ0n) is 14.7. The van der Waals surface area contributed by atoms with Crippen molar-refractivity contribution in [3.05, 3.63) is 77.3 Å². The summed E-state index contributed by atoms with van der Waals surface area (Å²) in [4.78, 5) is 35.4. The molecule has 0 aliphatic rings. The normalized spacial score (nSPS) is 10.3. The maximum absolute atomic E-state index is 11.9. The van der Waals surface area contributed by atoms with Crippen LogP contribution in [-0.4, -0.2) is 31.0 Å². The molecule has 6 nitrogen and oxygen atoms in total. The topological polar surface area (TPSA) is 81.7 Å². The molecule has 0 atom stereocenters. The zero-order chi connectivity index (χ0) is 19.9. The van der Waals surface area contributed by atoms with Gasteiger partial charge in [0, 0.05) is 21.4 Å². The van der Waals surface area contributed by atoms with E-state index >= 15 is 0 Å². The maximum Gasteiger partial charge on any atom is 0.344 e. The van der Waals surface area contributed by atoms with Crippen molar-refractivity contribution in [3.8, 4) is 5.75 Å². The maximum atomic E-state index is 11.9. The zero-order valence-corrected chi connectivity index (χ0v) is 15.4. The van der Waals surface area contributed by atoms with Crippen LogP contribution in [0.5, 0.6) is 5.75 Å². The molecule has 7 heteroatoms. The van der Waals surface area contributed by atoms with Crippen LogP contribution in [0, 0.1) is 0 Å². The highest BCUT2D eigenvalue weighted by atomic mass is 35.5. The summed E-state index contributed by atoms with van der Waals surface area (Å²) in [5.74, 6) is -1.55. The number of rotatable bonds is 6. The van der Waals surface area contributed by atoms with Crippen LogP contribution < -0.4 is 10.1 Å². The molecule has 0 heterocycles. The van der Waals surface area contributed by atoms with E-state index in [1.807, 2.05) is 24.3 Å². The molecule has 28 heavy (non-hydrogen) atoms. The SMILES string of the molecule is O=C(COC(=O)COc1ccc(Cl)c2ccccc12)NC(=O)c1ccccc1. The number of carbonyl (C=O) groups is 3. The van der Waals surface area contributed by atoms with E-state index in [2.05, 4.69) is 5.32 Å². The molecule has 0 unspecified atom stereocenters. The molecule has 0 saturated carbocycles. The van der Waals surface area contributed by atoms with Crippen LogP contribution in [0.25, 0.3) is 10.8 Å². The Labute approximate surface area is 166 Å². The second-order valence-corrected chi connectivity index (χ2v) is 6.19. The fourth-order valence-corrected chi connectivity index (χ4v) is 2.74. The molecule has 0 fully saturated rings. The highest BCUT2D eigenvalue weighted by molar-refractivity contribution is 6.35. The highest BCUT2D eigenvalue weighted by Gasteiger charge is 2.13. The van der Waals surface area contributed by atoms with Gasteiger partial charge >= 0.3 is 5.97 Å². The van der Waals surface area contributed by atoms with E-state index in [9.17, 15) is 14.4 Å². The van der Waals surface area contributed by atoms with Crippen molar-refractivity contribution in [1.82, 2.24) is 5.32 Å². The Balaban J connectivity index is 1.49. The van der Waals surface area contributed by atoms with Gasteiger partial charge in [0.05, 0.1) is 0 Å². The van der Waals surface area contributed by atoms with Gasteiger partial charge in [0.15, 0.2) is 13.2 Å². The van der Waals surface area contributed by atoms with Crippen molar-refractivity contribution in [2.24, 2.45) is 0 Å². The Kier molecular flexibility index (Phi) is 6.24. The molecule has 0 radical (unpaired) electrons. The summed E-state index contributed by atoms with van der Waals surface area (Å²) in [6.45, 7) is -0.965. The molecule has 0 bridgehead atoms. The molecule has 3 rings (SSSR count). The van der Waals surface area contributed by atoms with E-state index < -0.39 is 24.4 Å². The third-order valence-corrected chi connectivity index (χ3v) is 4.16. The molecule has 3 aromatic rings. The number of halogens is 1. The summed E-state index contributed by atoms with van der Waals surface area (Å²) in [7, 11) is 0. The fourth-order valence-electron chi connectivity index (χ4n) is 2.51. The lowest BCUT2D eigenvalue weighted by Crippen LogP contribution is -2.34. The van der Waals surface area contributed by atoms with Gasteiger partial charge < -0.3 is 9.47 Å². The number of ether oxygens (including phenoxy) is 2. The van der Waals surface area contributed by atoms with Gasteiger partial charge in [0.2, 0.25) is 0 Å². The van der Waals surface area contributed by atoms with Crippen molar-refractivity contribution < 1.29 is 23.9 Å². The minimum absolute atomic E-state index is 0.333. The molecule has 0 spiro atoms. The van der Waals surface area contributed by atoms with Gasteiger partial charge in [-0.1, -0.05) is 54.1 Å². The number of hydrogen-bond donors (Lipinski definition) is 1. The predicted molar refractivity (Wildman–Crippen MR) is 104 cm³/mol. The number of hydrogen-bond acceptors (Lipinski definition) is 5. The second-order valence-electron chi connectivity index (χ2n) is 5.78. The average molecular weight is 398 g/mol. The summed E-state index contributed by atoms with van der Waals surface area (Å²) in [5.41, 5.74) is 0.333. The first-order chi connectivity index (χ1) is 13.5. The number of carbonyl (C=O) groups excluding carboxylic acids is 3. The van der Waals surface area contributed by atoms with Crippen LogP contribution in [-0.2, 0) is 14.3 Å². The van der Waals surface area contributed by atoms with Crippen LogP contribution in [0.3, 0.4) is 0 Å². The second kappa shape index (κ2) is 9.01. The fraction of sp³-hybridized carbons (Fsp3) is 0.0952. The molecule has 0 aromatic heterocycles. The molecule has 0 aliphatic carbocycles. The Bertz CT molecular complexity index is 1020. The van der Waals surface area contributed by atoms with Gasteiger partial charge in [-0.2, -0.15) is 0 Å². The quantitative estimate of drug-likeness (QED) is 0.645. The Morgan fingerprint density at radius 1 is 0.821 bits per heavy atom. The number of imide groups is 1. The number of benzene rings is 3. The lowest BCUT2D eigenvalue weighted by atomic mass is 10.1. The monoisotopic (exact) mass is 397 g/mol. The van der Waals surface area contributed by atoms with Crippen LogP contribution in [0.2, 0.25) is 5.02 Å². The lowest BCUT2D eigenvalue weighted by Gasteiger charge is -2.10. The van der Waals surface area contributed by atoms with Crippen LogP contribution in [0.4, 0.5) is 0 Å². The molecular weight excluding hydrogens is 382 g/mol. The molecular formula is C21H16ClNO5. The summed E-state index contributed by atoms with van der Waals surface area (Å²) >= 11 is 6.14. The summed E-state index contributed by atoms with van der Waals surface area (Å²) in [6.07, 6.45) is 0. The first kappa shape index (κ1) is 19.4. The minimum Gasteiger partial charge on any atom is -0.481 e. The van der Waals surface area contributed by atoms with Crippen molar-refractivity contribution in [1.29, 1.82) is 0 Å². The average Bonchev–Trinajstić information content (AvgIpc) is 2.72. The standard InChI is InChI=1S/C21H16ClNO5/c22-17-10-11-18(16-9-5-4-8-15(16)17)27-13-20(25)28-12-19(24)23-21(26)14-6-2-1-3-7-14/h1-11H,12-13H2,(H,23,24,26).